The van der Waals surface area contributed by atoms with Crippen LogP contribution in [-0.2, 0) is 0 Å². The number of carbonyl (C=O) groups is 1. The van der Waals surface area contributed by atoms with Crippen molar-refractivity contribution in [2.45, 2.75) is 19.9 Å². The number of phenols is 1. The van der Waals surface area contributed by atoms with Crippen LogP contribution in [0.3, 0.4) is 0 Å². The number of hydrogen-bond donors (Lipinski definition) is 4. The van der Waals surface area contributed by atoms with Crippen LogP contribution in [0.15, 0.2) is 42.6 Å². The van der Waals surface area contributed by atoms with Gasteiger partial charge in [0.05, 0.1) is 16.1 Å². The van der Waals surface area contributed by atoms with Gasteiger partial charge < -0.3 is 26.0 Å². The molecule has 4 rings (SSSR count). The summed E-state index contributed by atoms with van der Waals surface area (Å²) < 4.78 is 16.5. The number of nitrogen functional groups attached to an aromatic ring is 1. The fourth-order valence-corrected chi connectivity index (χ4v) is 3.66. The zero-order chi connectivity index (χ0) is 23.9. The van der Waals surface area contributed by atoms with Crippen LogP contribution in [0.25, 0.3) is 22.2 Å². The van der Waals surface area contributed by atoms with Crippen LogP contribution in [-0.4, -0.2) is 32.6 Å². The number of halogens is 2. The topological polar surface area (TPSA) is 118 Å². The summed E-state index contributed by atoms with van der Waals surface area (Å²) in [5.41, 5.74) is 8.59. The molecule has 10 heteroatoms. The van der Waals surface area contributed by atoms with Gasteiger partial charge in [0.15, 0.2) is 0 Å². The van der Waals surface area contributed by atoms with E-state index >= 15 is 0 Å². The van der Waals surface area contributed by atoms with Crippen LogP contribution in [0.5, 0.6) is 5.75 Å². The Bertz CT molecular complexity index is 1390. The van der Waals surface area contributed by atoms with E-state index in [4.69, 9.17) is 17.3 Å². The Labute approximate surface area is 194 Å². The standard InChI is InChI=1S/C23H22ClFN6O2/c1-11(2)31-10-14(12-4-6-15(24)18(32)9-12)19-20(26)29-23(30-21(19)31)28-17-7-5-13(8-16(17)25)22(33)27-3/h4-11,32H,1-3H3,(H,27,33)(H3,26,28,29,30). The SMILES string of the molecule is CNC(=O)c1ccc(Nc2nc(N)c3c(-c4ccc(Cl)c(O)c4)cn(C(C)C)c3n2)c(F)c1. The lowest BCUT2D eigenvalue weighted by atomic mass is 10.1. The molecule has 170 valence electrons. The number of fused-ring (bicyclic) bond motifs is 1. The normalized spacial score (nSPS) is 11.2. The van der Waals surface area contributed by atoms with E-state index in [1.165, 1.54) is 19.2 Å². The van der Waals surface area contributed by atoms with E-state index in [0.717, 1.165) is 11.6 Å². The Morgan fingerprint density at radius 2 is 1.97 bits per heavy atom. The molecule has 33 heavy (non-hydrogen) atoms. The highest BCUT2D eigenvalue weighted by molar-refractivity contribution is 6.32. The van der Waals surface area contributed by atoms with E-state index in [2.05, 4.69) is 20.6 Å². The van der Waals surface area contributed by atoms with Crippen LogP contribution in [0.4, 0.5) is 21.8 Å². The van der Waals surface area contributed by atoms with Crippen LogP contribution >= 0.6 is 11.6 Å². The zero-order valence-electron chi connectivity index (χ0n) is 18.1. The highest BCUT2D eigenvalue weighted by Gasteiger charge is 2.20. The molecular formula is C23H22ClFN6O2. The summed E-state index contributed by atoms with van der Waals surface area (Å²) >= 11 is 5.95. The number of aromatic nitrogens is 3. The lowest BCUT2D eigenvalue weighted by molar-refractivity contribution is 0.0962. The first-order valence-electron chi connectivity index (χ1n) is 10.1. The fourth-order valence-electron chi connectivity index (χ4n) is 3.55. The van der Waals surface area contributed by atoms with Crippen molar-refractivity contribution in [2.24, 2.45) is 0 Å². The Balaban J connectivity index is 1.81. The third kappa shape index (κ3) is 4.14. The number of nitrogens with one attached hydrogen (secondary N) is 2. The molecule has 0 aliphatic heterocycles. The van der Waals surface area contributed by atoms with E-state index in [-0.39, 0.29) is 39.8 Å². The van der Waals surface area contributed by atoms with Crippen LogP contribution in [0.1, 0.15) is 30.2 Å². The summed E-state index contributed by atoms with van der Waals surface area (Å²) in [6, 6.07) is 9.02. The fraction of sp³-hybridized carbons (Fsp3) is 0.174. The maximum atomic E-state index is 14.6. The van der Waals surface area contributed by atoms with E-state index in [1.807, 2.05) is 24.6 Å². The average Bonchev–Trinajstić information content (AvgIpc) is 3.17. The van der Waals surface area contributed by atoms with Crippen molar-refractivity contribution >= 4 is 46.0 Å². The monoisotopic (exact) mass is 468 g/mol. The largest absolute Gasteiger partial charge is 0.506 e. The Morgan fingerprint density at radius 1 is 1.21 bits per heavy atom. The van der Waals surface area contributed by atoms with Crippen molar-refractivity contribution in [2.75, 3.05) is 18.1 Å². The van der Waals surface area contributed by atoms with Gasteiger partial charge in [-0.05, 0) is 49.7 Å². The van der Waals surface area contributed by atoms with Gasteiger partial charge in [0.2, 0.25) is 5.95 Å². The summed E-state index contributed by atoms with van der Waals surface area (Å²) in [5, 5.41) is 16.2. The number of rotatable bonds is 5. The molecule has 0 spiro atoms. The second kappa shape index (κ2) is 8.59. The van der Waals surface area contributed by atoms with Gasteiger partial charge in [0.25, 0.3) is 5.91 Å². The molecule has 1 amide bonds. The number of carbonyl (C=O) groups excluding carboxylic acids is 1. The summed E-state index contributed by atoms with van der Waals surface area (Å²) in [5.74, 6) is -0.772. The van der Waals surface area contributed by atoms with Crippen molar-refractivity contribution in [3.8, 4) is 16.9 Å². The molecule has 2 aromatic heterocycles. The predicted octanol–water partition coefficient (Wildman–Crippen LogP) is 4.86. The number of amides is 1. The van der Waals surface area contributed by atoms with Gasteiger partial charge in [0, 0.05) is 30.4 Å². The molecule has 0 fully saturated rings. The summed E-state index contributed by atoms with van der Waals surface area (Å²) in [7, 11) is 1.47. The van der Waals surface area contributed by atoms with Crippen LogP contribution in [0.2, 0.25) is 5.02 Å². The first kappa shape index (κ1) is 22.3. The van der Waals surface area contributed by atoms with Crippen LogP contribution in [0, 0.1) is 5.82 Å². The lowest BCUT2D eigenvalue weighted by Crippen LogP contribution is -2.18. The molecule has 0 bridgehead atoms. The smallest absolute Gasteiger partial charge is 0.251 e. The van der Waals surface area contributed by atoms with E-state index in [0.29, 0.717) is 16.6 Å². The predicted molar refractivity (Wildman–Crippen MR) is 128 cm³/mol. The minimum Gasteiger partial charge on any atom is -0.506 e. The number of phenolic OH excluding ortho intramolecular Hbond substituents is 1. The summed E-state index contributed by atoms with van der Waals surface area (Å²) in [6.45, 7) is 3.98. The zero-order valence-corrected chi connectivity index (χ0v) is 18.9. The number of nitrogens with two attached hydrogens (primary N) is 1. The number of nitrogens with zero attached hydrogens (tertiary/aromatic N) is 3. The highest BCUT2D eigenvalue weighted by Crippen LogP contribution is 2.38. The van der Waals surface area contributed by atoms with Gasteiger partial charge in [-0.25, -0.2) is 4.39 Å². The third-order valence-corrected chi connectivity index (χ3v) is 5.54. The maximum Gasteiger partial charge on any atom is 0.251 e. The molecule has 0 saturated heterocycles. The quantitative estimate of drug-likeness (QED) is 0.332. The van der Waals surface area contributed by atoms with Crippen molar-refractivity contribution in [1.29, 1.82) is 0 Å². The maximum absolute atomic E-state index is 14.6. The third-order valence-electron chi connectivity index (χ3n) is 5.22. The Hall–Kier alpha value is -3.85. The van der Waals surface area contributed by atoms with Crippen molar-refractivity contribution in [3.05, 3.63) is 59.0 Å². The molecule has 5 N–H and O–H groups in total. The Kier molecular flexibility index (Phi) is 5.82. The van der Waals surface area contributed by atoms with Crippen molar-refractivity contribution < 1.29 is 14.3 Å². The number of anilines is 3. The molecule has 2 aromatic carbocycles. The Morgan fingerprint density at radius 3 is 2.61 bits per heavy atom. The average molecular weight is 469 g/mol. The van der Waals surface area contributed by atoms with Gasteiger partial charge in [-0.3, -0.25) is 4.79 Å². The van der Waals surface area contributed by atoms with E-state index in [9.17, 15) is 14.3 Å². The first-order valence-corrected chi connectivity index (χ1v) is 10.5. The number of hydrogen-bond acceptors (Lipinski definition) is 6. The summed E-state index contributed by atoms with van der Waals surface area (Å²) in [6.07, 6.45) is 1.88. The van der Waals surface area contributed by atoms with Crippen molar-refractivity contribution in [3.63, 3.8) is 0 Å². The molecule has 2 heterocycles. The molecule has 4 aromatic rings. The lowest BCUT2D eigenvalue weighted by Gasteiger charge is -2.11. The van der Waals surface area contributed by atoms with E-state index < -0.39 is 11.7 Å². The minimum absolute atomic E-state index is 0.0351. The molecule has 0 saturated carbocycles. The molecule has 8 nitrogen and oxygen atoms in total. The van der Waals surface area contributed by atoms with Gasteiger partial charge in [-0.2, -0.15) is 9.97 Å². The second-order valence-corrected chi connectivity index (χ2v) is 8.15. The summed E-state index contributed by atoms with van der Waals surface area (Å²) in [4.78, 5) is 20.6. The van der Waals surface area contributed by atoms with Gasteiger partial charge in [-0.1, -0.05) is 17.7 Å². The van der Waals surface area contributed by atoms with E-state index in [1.54, 1.807) is 18.2 Å². The number of aromatic hydroxyl groups is 1. The van der Waals surface area contributed by atoms with Crippen LogP contribution < -0.4 is 16.4 Å². The van der Waals surface area contributed by atoms with Gasteiger partial charge in [0.1, 0.15) is 23.0 Å². The van der Waals surface area contributed by atoms with Crippen molar-refractivity contribution in [1.82, 2.24) is 19.9 Å². The first-order chi connectivity index (χ1) is 15.7. The molecule has 0 atom stereocenters. The van der Waals surface area contributed by atoms with Gasteiger partial charge in [-0.15, -0.1) is 0 Å². The molecule has 0 aliphatic carbocycles. The highest BCUT2D eigenvalue weighted by atomic mass is 35.5. The minimum atomic E-state index is -0.630. The molecular weight excluding hydrogens is 447 g/mol. The molecule has 0 radical (unpaired) electrons. The second-order valence-electron chi connectivity index (χ2n) is 7.74. The van der Waals surface area contributed by atoms with Gasteiger partial charge >= 0.3 is 0 Å². The number of benzene rings is 2. The molecule has 0 aliphatic rings. The molecule has 0 unspecified atom stereocenters.